The van der Waals surface area contributed by atoms with Crippen molar-refractivity contribution >= 4 is 74.3 Å². The number of rotatable bonds is 46. The van der Waals surface area contributed by atoms with Crippen molar-refractivity contribution in [2.24, 2.45) is 17.1 Å². The maximum absolute atomic E-state index is 14.0. The average molecular weight is 1660 g/mol. The normalized spacial score (nSPS) is 36.8. The van der Waals surface area contributed by atoms with E-state index in [9.17, 15) is 103 Å². The van der Waals surface area contributed by atoms with Crippen LogP contribution < -0.4 is 5.73 Å². The second-order valence-electron chi connectivity index (χ2n) is 23.0. The van der Waals surface area contributed by atoms with Crippen molar-refractivity contribution in [3.8, 4) is 0 Å². The number of ether oxygens (including phenoxy) is 20. The third-order valence-corrected chi connectivity index (χ3v) is 19.7. The Morgan fingerprint density at radius 1 is 0.448 bits per heavy atom. The van der Waals surface area contributed by atoms with Gasteiger partial charge in [-0.1, -0.05) is 6.92 Å². The van der Waals surface area contributed by atoms with Gasteiger partial charge < -0.3 is 116 Å². The molecule has 0 aromatic heterocycles. The lowest BCUT2D eigenvalue weighted by atomic mass is 9.77. The average Bonchev–Trinajstić information content (AvgIpc) is 1.54. The van der Waals surface area contributed by atoms with Gasteiger partial charge >= 0.3 is 74.3 Å². The number of fused-ring (bicyclic) bond motifs is 1. The Morgan fingerprint density at radius 2 is 0.857 bits per heavy atom. The molecule has 50 nitrogen and oxygen atoms in total. The summed E-state index contributed by atoms with van der Waals surface area (Å²) in [6.07, 6.45) is -51.5. The highest BCUT2D eigenvalue weighted by Crippen LogP contribution is 2.56. The molecule has 56 heteroatoms. The smallest absolute Gasteiger partial charge is 0.397 e. The SMILES string of the molecule is CCC1(C(=O)O)OC(OC2C(COS(=O)(=O)O)OC(OC3C(OC)[C@H](C(O)OC4C(COS(=O)(=O)O)OC(OC)C(OS(=O)(=O)O)C4OC)[C@@H]4OCC34C(=O)O)C(OS(=O)(=O)O)C2OS(=O)(=O)O)C(OC)C(OC)C1OC1OC(COS(=O)(=O)O)C(OCCOCCOCCOCCN)C(OC)C1OC. The summed E-state index contributed by atoms with van der Waals surface area (Å²) < 4.78 is 352. The number of carboxylic acid groups (broad SMARTS) is 2. The lowest BCUT2D eigenvalue weighted by Crippen LogP contribution is -2.72. The molecule has 0 amide bonds. The quantitative estimate of drug-likeness (QED) is 0.0154. The van der Waals surface area contributed by atoms with Gasteiger partial charge in [-0.15, -0.1) is 0 Å². The van der Waals surface area contributed by atoms with Crippen molar-refractivity contribution < 1.29 is 223 Å². The van der Waals surface area contributed by atoms with Crippen LogP contribution >= 0.6 is 0 Å². The Hall–Kier alpha value is -2.72. The second-order valence-corrected chi connectivity index (χ2v) is 29.4. The molecule has 0 spiro atoms. The summed E-state index contributed by atoms with van der Waals surface area (Å²) in [5.41, 5.74) is -0.247. The van der Waals surface area contributed by atoms with Crippen LogP contribution in [0.2, 0.25) is 0 Å². The van der Waals surface area contributed by atoms with Gasteiger partial charge in [0.15, 0.2) is 49.3 Å². The Morgan fingerprint density at radius 3 is 1.28 bits per heavy atom. The molecule has 24 unspecified atom stereocenters. The van der Waals surface area contributed by atoms with E-state index in [1.54, 1.807) is 0 Å². The van der Waals surface area contributed by atoms with Gasteiger partial charge in [0.25, 0.3) is 0 Å². The molecule has 1 saturated carbocycles. The largest absolute Gasteiger partial charge is 0.481 e. The summed E-state index contributed by atoms with van der Waals surface area (Å²) in [4.78, 5) is 27.8. The van der Waals surface area contributed by atoms with E-state index in [0.717, 1.165) is 49.8 Å². The van der Waals surface area contributed by atoms with E-state index in [0.29, 0.717) is 13.2 Å². The minimum Gasteiger partial charge on any atom is -0.481 e. The number of hydrogen-bond donors (Lipinski definition) is 10. The topological polar surface area (TPSA) is 687 Å². The molecule has 0 bridgehead atoms. The van der Waals surface area contributed by atoms with E-state index < -0.39 is 265 Å². The van der Waals surface area contributed by atoms with Crippen LogP contribution in [0.3, 0.4) is 0 Å². The molecule has 616 valence electrons. The number of methoxy groups -OCH3 is 7. The van der Waals surface area contributed by atoms with Crippen LogP contribution in [0.5, 0.6) is 0 Å². The van der Waals surface area contributed by atoms with Crippen LogP contribution in [0.25, 0.3) is 0 Å². The molecule has 5 aliphatic heterocycles. The molecule has 6 fully saturated rings. The molecule has 5 saturated heterocycles. The number of aliphatic carboxylic acids is 2. The predicted molar refractivity (Wildman–Crippen MR) is 325 cm³/mol. The summed E-state index contributed by atoms with van der Waals surface area (Å²) in [7, 11) is -27.6. The Balaban J connectivity index is 1.40. The van der Waals surface area contributed by atoms with Gasteiger partial charge in [-0.05, 0) is 6.42 Å². The predicted octanol–water partition coefficient (Wildman–Crippen LogP) is -7.14. The first kappa shape index (κ1) is 91.2. The van der Waals surface area contributed by atoms with Gasteiger partial charge in [0.05, 0.1) is 90.8 Å². The molecule has 0 radical (unpaired) electrons. The van der Waals surface area contributed by atoms with E-state index >= 15 is 0 Å². The molecule has 1 aliphatic carbocycles. The van der Waals surface area contributed by atoms with E-state index in [1.807, 2.05) is 0 Å². The number of carboxylic acids is 2. The number of aliphatic hydroxyl groups excluding tert-OH is 1. The number of hydrogen-bond acceptors (Lipinski definition) is 42. The summed E-state index contributed by atoms with van der Waals surface area (Å²) in [6.45, 7) is -3.02. The fraction of sp³-hybridized carbons (Fsp3) is 0.959. The first-order valence-electron chi connectivity index (χ1n) is 30.6. The van der Waals surface area contributed by atoms with Crippen LogP contribution in [0.15, 0.2) is 0 Å². The molecular weight excluding hydrogens is 1580 g/mol. The van der Waals surface area contributed by atoms with Crippen LogP contribution in [0.4, 0.5) is 0 Å². The second kappa shape index (κ2) is 38.7. The monoisotopic (exact) mass is 1660 g/mol. The van der Waals surface area contributed by atoms with Crippen LogP contribution in [-0.4, -0.2) is 381 Å². The highest BCUT2D eigenvalue weighted by Gasteiger charge is 2.75. The van der Waals surface area contributed by atoms with E-state index in [2.05, 4.69) is 12.5 Å². The Kier molecular flexibility index (Phi) is 33.6. The maximum atomic E-state index is 14.0. The lowest BCUT2D eigenvalue weighted by molar-refractivity contribution is -0.397. The number of nitrogens with two attached hydrogens (primary N) is 1. The first-order chi connectivity index (χ1) is 49.0. The molecule has 0 aromatic carbocycles. The summed E-state index contributed by atoms with van der Waals surface area (Å²) in [5.74, 6) is -6.00. The molecule has 5 heterocycles. The Labute approximate surface area is 600 Å². The zero-order chi connectivity index (χ0) is 78.6. The van der Waals surface area contributed by atoms with E-state index in [4.69, 9.17) is 113 Å². The molecule has 0 aromatic rings. The van der Waals surface area contributed by atoms with Gasteiger partial charge in [0.2, 0.25) is 0 Å². The van der Waals surface area contributed by atoms with Crippen molar-refractivity contribution in [2.45, 2.75) is 160 Å². The molecule has 26 atom stereocenters. The van der Waals surface area contributed by atoms with E-state index in [1.165, 1.54) is 6.92 Å². The summed E-state index contributed by atoms with van der Waals surface area (Å²) >= 11 is 0. The molecule has 6 rings (SSSR count). The fourth-order valence-corrected chi connectivity index (χ4v) is 15.1. The van der Waals surface area contributed by atoms with Crippen molar-refractivity contribution in [3.63, 3.8) is 0 Å². The third kappa shape index (κ3) is 23.7. The van der Waals surface area contributed by atoms with Crippen molar-refractivity contribution in [1.29, 1.82) is 0 Å². The number of carbonyl (C=O) groups is 2. The molecule has 105 heavy (non-hydrogen) atoms. The van der Waals surface area contributed by atoms with Crippen LogP contribution in [0, 0.1) is 11.3 Å². The molecule has 11 N–H and O–H groups in total. The minimum atomic E-state index is -6.20. The minimum absolute atomic E-state index is 0.0589. The molecular formula is C49H85NO49S6. The zero-order valence-corrected chi connectivity index (χ0v) is 61.3. The molecule has 6 aliphatic rings. The highest BCUT2D eigenvalue weighted by molar-refractivity contribution is 7.82. The van der Waals surface area contributed by atoms with Crippen LogP contribution in [0.1, 0.15) is 13.3 Å². The van der Waals surface area contributed by atoms with Crippen LogP contribution in [-0.2, 0) is 192 Å². The van der Waals surface area contributed by atoms with Crippen molar-refractivity contribution in [2.75, 3.05) is 129 Å². The third-order valence-electron chi connectivity index (χ3n) is 17.0. The van der Waals surface area contributed by atoms with Crippen molar-refractivity contribution in [1.82, 2.24) is 0 Å². The lowest BCUT2D eigenvalue weighted by Gasteiger charge is -2.53. The van der Waals surface area contributed by atoms with E-state index in [-0.39, 0.29) is 39.6 Å². The van der Waals surface area contributed by atoms with Gasteiger partial charge in [0, 0.05) is 56.3 Å². The number of aliphatic hydroxyl groups is 1. The van der Waals surface area contributed by atoms with Gasteiger partial charge in [0.1, 0.15) is 90.9 Å². The zero-order valence-electron chi connectivity index (χ0n) is 56.4. The summed E-state index contributed by atoms with van der Waals surface area (Å²) in [5, 5.41) is 34.5. The first-order valence-corrected chi connectivity index (χ1v) is 38.7. The van der Waals surface area contributed by atoms with Gasteiger partial charge in [-0.2, -0.15) is 50.5 Å². The highest BCUT2D eigenvalue weighted by atomic mass is 32.3. The fourth-order valence-electron chi connectivity index (χ4n) is 12.7. The standard InChI is InChI=1S/C49H85NO49S6/c1-9-49(47(54)55)40(95-43-34(78-6)30(75-3)26(22(90-43)18-86-100(56,57)58)84-17-16-83-15-14-82-13-12-81-11-10-50)33(77-5)35(79-7)45(96-49)93-28-24(20-88-102(62,63)64)91-44(37(99-105(71,72)73)32(28)97-103(65,66)67)94-39-29(74-2)25(38-48(39,21-85-38)46(52)53)41(51)92-27-23(19-87-101(59,60)61)89-42(80-8)36(31(27)76-4)98-104(68,69)70/h22-45,51H,9-21,50H2,1-8H3,(H,52,53)(H,54,55)(H,56,57,58)(H,59,60,61)(H,62,63,64)(H,65,66,67)(H,68,69,70)(H,71,72,73)/t22?,23?,24?,25-,26?,27?,28?,29?,30?,31?,32?,33?,34?,35?,36?,37?,38-,39?,40?,41?,42?,43?,44?,45?,48?,49?/m0/s1. The van der Waals surface area contributed by atoms with Gasteiger partial charge in [-0.3, -0.25) is 32.1 Å². The van der Waals surface area contributed by atoms with Crippen molar-refractivity contribution in [3.05, 3.63) is 0 Å². The van der Waals surface area contributed by atoms with Gasteiger partial charge in [-0.25, -0.2) is 29.9 Å². The maximum Gasteiger partial charge on any atom is 0.397 e. The summed E-state index contributed by atoms with van der Waals surface area (Å²) in [6, 6.07) is 0. The Bertz CT molecular complexity index is 3490.